The van der Waals surface area contributed by atoms with Crippen molar-refractivity contribution >= 4 is 17.3 Å². The van der Waals surface area contributed by atoms with Crippen molar-refractivity contribution in [1.82, 2.24) is 0 Å². The van der Waals surface area contributed by atoms with Crippen molar-refractivity contribution in [2.45, 2.75) is 13.1 Å². The molecular formula is C8H7ClF3N. The van der Waals surface area contributed by atoms with Crippen LogP contribution in [-0.4, -0.2) is 0 Å². The molecule has 0 fully saturated rings. The molecule has 0 bridgehead atoms. The van der Waals surface area contributed by atoms with E-state index in [1.165, 1.54) is 6.92 Å². The summed E-state index contributed by atoms with van der Waals surface area (Å²) in [7, 11) is 0. The van der Waals surface area contributed by atoms with Crippen molar-refractivity contribution in [3.05, 3.63) is 28.3 Å². The van der Waals surface area contributed by atoms with E-state index in [0.717, 1.165) is 12.1 Å². The summed E-state index contributed by atoms with van der Waals surface area (Å²) in [6.07, 6.45) is -4.37. The van der Waals surface area contributed by atoms with Crippen molar-refractivity contribution in [2.24, 2.45) is 0 Å². The van der Waals surface area contributed by atoms with Gasteiger partial charge in [0.2, 0.25) is 0 Å². The number of benzene rings is 1. The molecule has 2 N–H and O–H groups in total. The monoisotopic (exact) mass is 209 g/mol. The van der Waals surface area contributed by atoms with E-state index in [1.807, 2.05) is 0 Å². The summed E-state index contributed by atoms with van der Waals surface area (Å²) in [5, 5.41) is 0.144. The second-order valence-electron chi connectivity index (χ2n) is 2.63. The van der Waals surface area contributed by atoms with E-state index in [-0.39, 0.29) is 16.3 Å². The Morgan fingerprint density at radius 1 is 1.31 bits per heavy atom. The van der Waals surface area contributed by atoms with Gasteiger partial charge in [-0.2, -0.15) is 13.2 Å². The van der Waals surface area contributed by atoms with E-state index >= 15 is 0 Å². The second kappa shape index (κ2) is 3.10. The number of hydrogen-bond acceptors (Lipinski definition) is 1. The highest BCUT2D eigenvalue weighted by Gasteiger charge is 2.33. The fourth-order valence-corrected chi connectivity index (χ4v) is 1.21. The van der Waals surface area contributed by atoms with E-state index in [0.29, 0.717) is 0 Å². The van der Waals surface area contributed by atoms with Gasteiger partial charge in [-0.05, 0) is 24.6 Å². The first-order chi connectivity index (χ1) is 5.84. The Morgan fingerprint density at radius 2 is 1.85 bits per heavy atom. The SMILES string of the molecule is Cc1c(C(F)(F)F)ccc(Cl)c1N. The smallest absolute Gasteiger partial charge is 0.397 e. The van der Waals surface area contributed by atoms with Gasteiger partial charge in [-0.1, -0.05) is 11.6 Å². The molecule has 0 saturated heterocycles. The van der Waals surface area contributed by atoms with Crippen molar-refractivity contribution in [3.63, 3.8) is 0 Å². The molecular weight excluding hydrogens is 203 g/mol. The molecule has 0 spiro atoms. The fraction of sp³-hybridized carbons (Fsp3) is 0.250. The van der Waals surface area contributed by atoms with Crippen LogP contribution in [0.3, 0.4) is 0 Å². The van der Waals surface area contributed by atoms with Crippen molar-refractivity contribution < 1.29 is 13.2 Å². The van der Waals surface area contributed by atoms with Gasteiger partial charge in [0.15, 0.2) is 0 Å². The average Bonchev–Trinajstić information content (AvgIpc) is 1.98. The lowest BCUT2D eigenvalue weighted by molar-refractivity contribution is -0.138. The normalized spacial score (nSPS) is 11.8. The quantitative estimate of drug-likeness (QED) is 0.652. The third-order valence-corrected chi connectivity index (χ3v) is 2.10. The van der Waals surface area contributed by atoms with Gasteiger partial charge in [-0.15, -0.1) is 0 Å². The maximum atomic E-state index is 12.3. The minimum Gasteiger partial charge on any atom is -0.397 e. The topological polar surface area (TPSA) is 26.0 Å². The summed E-state index contributed by atoms with van der Waals surface area (Å²) in [5.74, 6) is 0. The Balaban J connectivity index is 3.35. The Bertz CT molecular complexity index is 333. The van der Waals surface area contributed by atoms with Crippen LogP contribution in [0.5, 0.6) is 0 Å². The molecule has 13 heavy (non-hydrogen) atoms. The number of alkyl halides is 3. The molecule has 0 aliphatic rings. The summed E-state index contributed by atoms with van der Waals surface area (Å²) < 4.78 is 36.8. The maximum absolute atomic E-state index is 12.3. The third kappa shape index (κ3) is 1.88. The van der Waals surface area contributed by atoms with Gasteiger partial charge in [-0.3, -0.25) is 0 Å². The van der Waals surface area contributed by atoms with E-state index in [1.54, 1.807) is 0 Å². The zero-order valence-corrected chi connectivity index (χ0v) is 7.50. The molecule has 1 aromatic rings. The third-order valence-electron chi connectivity index (χ3n) is 1.77. The molecule has 1 rings (SSSR count). The Hall–Kier alpha value is -0.900. The number of nitrogen functional groups attached to an aromatic ring is 1. The van der Waals surface area contributed by atoms with Crippen LogP contribution in [0.4, 0.5) is 18.9 Å². The standard InChI is InChI=1S/C8H7ClF3N/c1-4-5(8(10,11)12)2-3-6(9)7(4)13/h2-3H,13H2,1H3. The highest BCUT2D eigenvalue weighted by Crippen LogP contribution is 2.36. The first kappa shape index (κ1) is 10.2. The highest BCUT2D eigenvalue weighted by atomic mass is 35.5. The zero-order chi connectivity index (χ0) is 10.2. The van der Waals surface area contributed by atoms with E-state index in [2.05, 4.69) is 0 Å². The molecule has 72 valence electrons. The van der Waals surface area contributed by atoms with Gasteiger partial charge in [0.25, 0.3) is 0 Å². The molecule has 0 aromatic heterocycles. The van der Waals surface area contributed by atoms with Gasteiger partial charge < -0.3 is 5.73 Å². The van der Waals surface area contributed by atoms with Crippen LogP contribution >= 0.6 is 11.6 Å². The Morgan fingerprint density at radius 3 is 2.31 bits per heavy atom. The minimum atomic E-state index is -4.37. The van der Waals surface area contributed by atoms with Gasteiger partial charge in [0.1, 0.15) is 0 Å². The molecule has 0 aliphatic heterocycles. The number of anilines is 1. The molecule has 0 radical (unpaired) electrons. The first-order valence-corrected chi connectivity index (χ1v) is 3.83. The lowest BCUT2D eigenvalue weighted by Crippen LogP contribution is -2.09. The summed E-state index contributed by atoms with van der Waals surface area (Å²) in [6.45, 7) is 1.30. The zero-order valence-electron chi connectivity index (χ0n) is 6.74. The van der Waals surface area contributed by atoms with Crippen LogP contribution in [-0.2, 0) is 6.18 Å². The molecule has 0 atom stereocenters. The van der Waals surface area contributed by atoms with E-state index < -0.39 is 11.7 Å². The van der Waals surface area contributed by atoms with Crippen LogP contribution in [0.1, 0.15) is 11.1 Å². The Kier molecular flexibility index (Phi) is 2.43. The van der Waals surface area contributed by atoms with Gasteiger partial charge in [0, 0.05) is 0 Å². The Labute approximate surface area is 78.3 Å². The van der Waals surface area contributed by atoms with Crippen LogP contribution in [0, 0.1) is 6.92 Å². The van der Waals surface area contributed by atoms with Crippen LogP contribution < -0.4 is 5.73 Å². The van der Waals surface area contributed by atoms with Crippen LogP contribution in [0.2, 0.25) is 5.02 Å². The largest absolute Gasteiger partial charge is 0.416 e. The van der Waals surface area contributed by atoms with Crippen LogP contribution in [0.25, 0.3) is 0 Å². The highest BCUT2D eigenvalue weighted by molar-refractivity contribution is 6.33. The number of rotatable bonds is 0. The average molecular weight is 210 g/mol. The number of nitrogens with two attached hydrogens (primary N) is 1. The predicted molar refractivity (Wildman–Crippen MR) is 45.6 cm³/mol. The summed E-state index contributed by atoms with van der Waals surface area (Å²) in [5.41, 5.74) is 4.56. The fourth-order valence-electron chi connectivity index (χ4n) is 1.00. The lowest BCUT2D eigenvalue weighted by Gasteiger charge is -2.12. The first-order valence-electron chi connectivity index (χ1n) is 3.46. The molecule has 1 nitrogen and oxygen atoms in total. The van der Waals surface area contributed by atoms with Crippen LogP contribution in [0.15, 0.2) is 12.1 Å². The molecule has 1 aromatic carbocycles. The van der Waals surface area contributed by atoms with Gasteiger partial charge in [0.05, 0.1) is 16.3 Å². The lowest BCUT2D eigenvalue weighted by atomic mass is 10.1. The van der Waals surface area contributed by atoms with Crippen molar-refractivity contribution in [2.75, 3.05) is 5.73 Å². The molecule has 0 heterocycles. The molecule has 0 saturated carbocycles. The molecule has 0 unspecified atom stereocenters. The molecule has 0 amide bonds. The molecule has 0 aliphatic carbocycles. The second-order valence-corrected chi connectivity index (χ2v) is 3.04. The summed E-state index contributed by atoms with van der Waals surface area (Å²) >= 11 is 5.54. The van der Waals surface area contributed by atoms with E-state index in [9.17, 15) is 13.2 Å². The summed E-state index contributed by atoms with van der Waals surface area (Å²) in [4.78, 5) is 0. The van der Waals surface area contributed by atoms with Crippen molar-refractivity contribution in [3.8, 4) is 0 Å². The van der Waals surface area contributed by atoms with E-state index in [4.69, 9.17) is 17.3 Å². The number of halogens is 4. The maximum Gasteiger partial charge on any atom is 0.416 e. The number of hydrogen-bond donors (Lipinski definition) is 1. The molecule has 5 heteroatoms. The van der Waals surface area contributed by atoms with Crippen molar-refractivity contribution in [1.29, 1.82) is 0 Å². The summed E-state index contributed by atoms with van der Waals surface area (Å²) in [6, 6.07) is 2.07. The predicted octanol–water partition coefficient (Wildman–Crippen LogP) is 3.25. The minimum absolute atomic E-state index is 0.0171. The van der Waals surface area contributed by atoms with Gasteiger partial charge >= 0.3 is 6.18 Å². The van der Waals surface area contributed by atoms with Gasteiger partial charge in [-0.25, -0.2) is 0 Å².